The topological polar surface area (TPSA) is 119 Å². The second-order valence-electron chi connectivity index (χ2n) is 10.3. The Morgan fingerprint density at radius 3 is 2.19 bits per heavy atom. The molecule has 3 rings (SSSR count). The number of piperidine rings is 1. The van der Waals surface area contributed by atoms with Crippen molar-refractivity contribution in [3.05, 3.63) is 70.2 Å². The first-order valence-corrected chi connectivity index (χ1v) is 12.4. The molecule has 8 nitrogen and oxygen atoms in total. The lowest BCUT2D eigenvalue weighted by atomic mass is 9.66. The van der Waals surface area contributed by atoms with E-state index in [1.54, 1.807) is 29.2 Å². The molecule has 0 saturated carbocycles. The Balaban J connectivity index is 1.64. The van der Waals surface area contributed by atoms with Crippen LogP contribution in [0.5, 0.6) is 0 Å². The van der Waals surface area contributed by atoms with E-state index >= 15 is 0 Å². The molecule has 0 radical (unpaired) electrons. The fraction of sp³-hybridized carbons (Fsp3) is 0.444. The zero-order valence-corrected chi connectivity index (χ0v) is 21.8. The van der Waals surface area contributed by atoms with Gasteiger partial charge in [-0.1, -0.05) is 63.6 Å². The van der Waals surface area contributed by atoms with E-state index < -0.39 is 29.1 Å². The van der Waals surface area contributed by atoms with E-state index in [9.17, 15) is 19.5 Å². The van der Waals surface area contributed by atoms with Gasteiger partial charge in [0.15, 0.2) is 0 Å². The van der Waals surface area contributed by atoms with Crippen LogP contribution in [-0.2, 0) is 16.9 Å². The standard InChI is InChI=1S/C27H34ClN3O5/c1-17(2)22(30-25(35)29-15-18-5-7-19(8-6-18)24(33)34)23(32)31-14-13-27(36,26(3,4)16-31)20-9-11-21(28)12-10-20/h5-12,17,22,36H,13-16H2,1-4H3,(H,33,34)(H2,29,30,35)/t22-,27+/m1/s1. The summed E-state index contributed by atoms with van der Waals surface area (Å²) in [6.45, 7) is 8.47. The van der Waals surface area contributed by atoms with Gasteiger partial charge < -0.3 is 25.7 Å². The highest BCUT2D eigenvalue weighted by Gasteiger charge is 2.50. The third-order valence-electron chi connectivity index (χ3n) is 6.96. The normalized spacial score (nSPS) is 20.0. The summed E-state index contributed by atoms with van der Waals surface area (Å²) in [6.07, 6.45) is 0.358. The number of aliphatic hydroxyl groups is 1. The fourth-order valence-corrected chi connectivity index (χ4v) is 4.75. The molecule has 1 aliphatic heterocycles. The van der Waals surface area contributed by atoms with Crippen LogP contribution in [0, 0.1) is 11.3 Å². The number of benzene rings is 2. The number of amides is 3. The summed E-state index contributed by atoms with van der Waals surface area (Å²) in [5.41, 5.74) is -0.0928. The minimum absolute atomic E-state index is 0.154. The van der Waals surface area contributed by atoms with Crippen LogP contribution in [0.25, 0.3) is 0 Å². The maximum absolute atomic E-state index is 13.5. The molecule has 0 aliphatic carbocycles. The Bertz CT molecular complexity index is 1100. The number of likely N-dealkylation sites (tertiary alicyclic amines) is 1. The molecule has 4 N–H and O–H groups in total. The molecule has 2 aromatic rings. The fourth-order valence-electron chi connectivity index (χ4n) is 4.62. The molecular weight excluding hydrogens is 482 g/mol. The van der Waals surface area contributed by atoms with Crippen LogP contribution in [0.2, 0.25) is 5.02 Å². The van der Waals surface area contributed by atoms with Crippen LogP contribution in [0.4, 0.5) is 4.79 Å². The SMILES string of the molecule is CC(C)[C@@H](NC(=O)NCc1ccc(C(=O)O)cc1)C(=O)N1CC[C@](O)(c2ccc(Cl)cc2)C(C)(C)C1. The van der Waals surface area contributed by atoms with Gasteiger partial charge in [0, 0.05) is 30.1 Å². The molecule has 2 atom stereocenters. The number of carbonyl (C=O) groups is 3. The molecule has 1 aliphatic rings. The summed E-state index contributed by atoms with van der Waals surface area (Å²) >= 11 is 6.02. The Kier molecular flexibility index (Phi) is 8.31. The van der Waals surface area contributed by atoms with E-state index in [1.165, 1.54) is 12.1 Å². The number of halogens is 1. The summed E-state index contributed by atoms with van der Waals surface area (Å²) in [4.78, 5) is 38.8. The second-order valence-corrected chi connectivity index (χ2v) is 10.7. The number of carboxylic acid groups (broad SMARTS) is 1. The van der Waals surface area contributed by atoms with E-state index in [1.807, 2.05) is 39.8 Å². The summed E-state index contributed by atoms with van der Waals surface area (Å²) in [5.74, 6) is -1.37. The molecule has 3 amide bonds. The van der Waals surface area contributed by atoms with Crippen molar-refractivity contribution >= 4 is 29.5 Å². The van der Waals surface area contributed by atoms with Gasteiger partial charge in [0.25, 0.3) is 0 Å². The van der Waals surface area contributed by atoms with Crippen LogP contribution in [0.3, 0.4) is 0 Å². The molecule has 9 heteroatoms. The summed E-state index contributed by atoms with van der Waals surface area (Å²) in [5, 5.41) is 26.7. The van der Waals surface area contributed by atoms with Crippen molar-refractivity contribution in [3.63, 3.8) is 0 Å². The van der Waals surface area contributed by atoms with Crippen LogP contribution < -0.4 is 10.6 Å². The van der Waals surface area contributed by atoms with Crippen LogP contribution in [-0.4, -0.2) is 52.2 Å². The highest BCUT2D eigenvalue weighted by molar-refractivity contribution is 6.30. The van der Waals surface area contributed by atoms with Gasteiger partial charge in [0.1, 0.15) is 6.04 Å². The number of carbonyl (C=O) groups excluding carboxylic acids is 2. The van der Waals surface area contributed by atoms with Gasteiger partial charge >= 0.3 is 12.0 Å². The monoisotopic (exact) mass is 515 g/mol. The first kappa shape index (κ1) is 27.5. The minimum atomic E-state index is -1.12. The van der Waals surface area contributed by atoms with Crippen molar-refractivity contribution in [2.24, 2.45) is 11.3 Å². The summed E-state index contributed by atoms with van der Waals surface area (Å²) in [6, 6.07) is 12.1. The maximum atomic E-state index is 13.5. The van der Waals surface area contributed by atoms with Crippen molar-refractivity contribution in [3.8, 4) is 0 Å². The summed E-state index contributed by atoms with van der Waals surface area (Å²) < 4.78 is 0. The molecule has 0 aromatic heterocycles. The smallest absolute Gasteiger partial charge is 0.335 e. The number of urea groups is 1. The minimum Gasteiger partial charge on any atom is -0.478 e. The van der Waals surface area contributed by atoms with E-state index in [-0.39, 0.29) is 23.9 Å². The number of nitrogens with zero attached hydrogens (tertiary/aromatic N) is 1. The quantitative estimate of drug-likeness (QED) is 0.444. The number of rotatable bonds is 7. The van der Waals surface area contributed by atoms with Gasteiger partial charge in [-0.15, -0.1) is 0 Å². The van der Waals surface area contributed by atoms with Crippen molar-refractivity contribution in [1.29, 1.82) is 0 Å². The van der Waals surface area contributed by atoms with Gasteiger partial charge in [-0.25, -0.2) is 9.59 Å². The van der Waals surface area contributed by atoms with Gasteiger partial charge in [-0.05, 0) is 47.7 Å². The Morgan fingerprint density at radius 1 is 1.06 bits per heavy atom. The molecule has 0 unspecified atom stereocenters. The molecule has 0 spiro atoms. The number of hydrogen-bond donors (Lipinski definition) is 4. The third-order valence-corrected chi connectivity index (χ3v) is 7.21. The number of carboxylic acids is 1. The molecule has 1 saturated heterocycles. The molecule has 1 fully saturated rings. The highest BCUT2D eigenvalue weighted by atomic mass is 35.5. The zero-order chi connectivity index (χ0) is 26.7. The zero-order valence-electron chi connectivity index (χ0n) is 21.0. The molecular formula is C27H34ClN3O5. The van der Waals surface area contributed by atoms with Gasteiger partial charge in [-0.2, -0.15) is 0 Å². The molecule has 194 valence electrons. The van der Waals surface area contributed by atoms with E-state index in [0.29, 0.717) is 24.5 Å². The van der Waals surface area contributed by atoms with Gasteiger partial charge in [0.05, 0.1) is 11.2 Å². The molecule has 36 heavy (non-hydrogen) atoms. The highest BCUT2D eigenvalue weighted by Crippen LogP contribution is 2.46. The third kappa shape index (κ3) is 5.99. The Morgan fingerprint density at radius 2 is 1.67 bits per heavy atom. The number of aromatic carboxylic acids is 1. The van der Waals surface area contributed by atoms with Crippen molar-refractivity contribution in [1.82, 2.24) is 15.5 Å². The van der Waals surface area contributed by atoms with E-state index in [4.69, 9.17) is 16.7 Å². The average Bonchev–Trinajstić information content (AvgIpc) is 2.83. The van der Waals surface area contributed by atoms with Gasteiger partial charge in [0.2, 0.25) is 5.91 Å². The summed E-state index contributed by atoms with van der Waals surface area (Å²) in [7, 11) is 0. The lowest BCUT2D eigenvalue weighted by Gasteiger charge is -2.51. The van der Waals surface area contributed by atoms with Gasteiger partial charge in [-0.3, -0.25) is 4.79 Å². The van der Waals surface area contributed by atoms with Crippen LogP contribution in [0.1, 0.15) is 55.6 Å². The molecule has 1 heterocycles. The van der Waals surface area contributed by atoms with Crippen LogP contribution in [0.15, 0.2) is 48.5 Å². The lowest BCUT2D eigenvalue weighted by Crippen LogP contribution is -2.61. The predicted octanol–water partition coefficient (Wildman–Crippen LogP) is 4.01. The van der Waals surface area contributed by atoms with Crippen molar-refractivity contribution < 1.29 is 24.6 Å². The molecule has 2 aromatic carbocycles. The maximum Gasteiger partial charge on any atom is 0.335 e. The van der Waals surface area contributed by atoms with Crippen LogP contribution >= 0.6 is 11.6 Å². The Hall–Kier alpha value is -3.10. The second kappa shape index (κ2) is 10.9. The van der Waals surface area contributed by atoms with Crippen molar-refractivity contribution in [2.75, 3.05) is 13.1 Å². The van der Waals surface area contributed by atoms with Crippen molar-refractivity contribution in [2.45, 2.75) is 52.3 Å². The lowest BCUT2D eigenvalue weighted by molar-refractivity contribution is -0.155. The Labute approximate surface area is 216 Å². The first-order chi connectivity index (χ1) is 16.8. The van der Waals surface area contributed by atoms with E-state index in [0.717, 1.165) is 11.1 Å². The van der Waals surface area contributed by atoms with E-state index in [2.05, 4.69) is 10.6 Å². The molecule has 0 bridgehead atoms. The predicted molar refractivity (Wildman–Crippen MR) is 138 cm³/mol. The largest absolute Gasteiger partial charge is 0.478 e. The average molecular weight is 516 g/mol. The number of hydrogen-bond acceptors (Lipinski definition) is 4. The number of nitrogens with one attached hydrogen (secondary N) is 2. The first-order valence-electron chi connectivity index (χ1n) is 12.0.